The second-order valence-electron chi connectivity index (χ2n) is 6.87. The molecule has 0 bridgehead atoms. The van der Waals surface area contributed by atoms with Gasteiger partial charge in [0.05, 0.1) is 18.5 Å². The summed E-state index contributed by atoms with van der Waals surface area (Å²) in [7, 11) is 1.61. The lowest BCUT2D eigenvalue weighted by Gasteiger charge is -2.03. The smallest absolute Gasteiger partial charge is 0.331 e. The summed E-state index contributed by atoms with van der Waals surface area (Å²) < 4.78 is 12.5. The van der Waals surface area contributed by atoms with Crippen LogP contribution in [0.3, 0.4) is 0 Å². The summed E-state index contributed by atoms with van der Waals surface area (Å²) in [5, 5.41) is 4.73. The molecule has 5 heteroatoms. The van der Waals surface area contributed by atoms with Crippen molar-refractivity contribution in [3.63, 3.8) is 0 Å². The van der Waals surface area contributed by atoms with Gasteiger partial charge in [-0.2, -0.15) is 5.10 Å². The van der Waals surface area contributed by atoms with Crippen molar-refractivity contribution in [1.82, 2.24) is 9.78 Å². The Hall–Kier alpha value is -4.12. The molecule has 1 aromatic heterocycles. The lowest BCUT2D eigenvalue weighted by Crippen LogP contribution is -2.01. The van der Waals surface area contributed by atoms with Gasteiger partial charge < -0.3 is 9.47 Å². The molecule has 0 radical (unpaired) electrons. The first-order chi connectivity index (χ1) is 15.2. The van der Waals surface area contributed by atoms with E-state index in [2.05, 4.69) is 0 Å². The van der Waals surface area contributed by atoms with Crippen LogP contribution in [0.15, 0.2) is 97.2 Å². The number of esters is 1. The molecule has 31 heavy (non-hydrogen) atoms. The fourth-order valence-electron chi connectivity index (χ4n) is 3.17. The Balaban J connectivity index is 1.52. The molecule has 154 valence electrons. The Bertz CT molecular complexity index is 1180. The van der Waals surface area contributed by atoms with E-state index in [0.29, 0.717) is 0 Å². The molecule has 0 aliphatic heterocycles. The highest BCUT2D eigenvalue weighted by Crippen LogP contribution is 2.24. The molecule has 5 nitrogen and oxygen atoms in total. The number of benzene rings is 3. The Morgan fingerprint density at radius 2 is 1.71 bits per heavy atom. The van der Waals surface area contributed by atoms with Crippen molar-refractivity contribution in [2.45, 2.75) is 6.61 Å². The van der Waals surface area contributed by atoms with Crippen LogP contribution in [0.2, 0.25) is 0 Å². The number of rotatable bonds is 7. The van der Waals surface area contributed by atoms with Gasteiger partial charge in [0.15, 0.2) is 0 Å². The van der Waals surface area contributed by atoms with Gasteiger partial charge in [0, 0.05) is 23.4 Å². The maximum Gasteiger partial charge on any atom is 0.331 e. The third-order valence-corrected chi connectivity index (χ3v) is 4.73. The molecule has 0 N–H and O–H groups in total. The average molecular weight is 410 g/mol. The molecule has 4 rings (SSSR count). The minimum absolute atomic E-state index is 0.123. The standard InChI is InChI=1S/C26H22N2O3/c1-30-24-14-8-9-20(17-24)15-16-25(29)31-19-22-18-28(23-12-6-3-7-13-23)27-26(22)21-10-4-2-5-11-21/h2-18H,19H2,1H3/b16-15+. The van der Waals surface area contributed by atoms with Gasteiger partial charge in [-0.1, -0.05) is 60.7 Å². The zero-order valence-electron chi connectivity index (χ0n) is 17.1. The van der Waals surface area contributed by atoms with E-state index in [9.17, 15) is 4.79 Å². The van der Waals surface area contributed by atoms with Crippen LogP contribution in [-0.2, 0) is 16.1 Å². The molecule has 4 aromatic rings. The van der Waals surface area contributed by atoms with Gasteiger partial charge in [-0.3, -0.25) is 0 Å². The van der Waals surface area contributed by atoms with Gasteiger partial charge in [-0.05, 0) is 35.9 Å². The highest BCUT2D eigenvalue weighted by atomic mass is 16.5. The zero-order valence-corrected chi connectivity index (χ0v) is 17.1. The topological polar surface area (TPSA) is 53.4 Å². The second-order valence-corrected chi connectivity index (χ2v) is 6.87. The van der Waals surface area contributed by atoms with Crippen molar-refractivity contribution in [2.24, 2.45) is 0 Å². The predicted molar refractivity (Wildman–Crippen MR) is 121 cm³/mol. The van der Waals surface area contributed by atoms with Crippen LogP contribution in [0, 0.1) is 0 Å². The fourth-order valence-corrected chi connectivity index (χ4v) is 3.17. The monoisotopic (exact) mass is 410 g/mol. The molecule has 3 aromatic carbocycles. The van der Waals surface area contributed by atoms with Crippen molar-refractivity contribution in [2.75, 3.05) is 7.11 Å². The zero-order chi connectivity index (χ0) is 21.5. The van der Waals surface area contributed by atoms with Crippen molar-refractivity contribution < 1.29 is 14.3 Å². The minimum atomic E-state index is -0.422. The van der Waals surface area contributed by atoms with Crippen molar-refractivity contribution >= 4 is 12.0 Å². The van der Waals surface area contributed by atoms with E-state index in [1.165, 1.54) is 6.08 Å². The predicted octanol–water partition coefficient (Wildman–Crippen LogP) is 5.30. The normalized spacial score (nSPS) is 10.9. The number of para-hydroxylation sites is 1. The lowest BCUT2D eigenvalue weighted by molar-refractivity contribution is -0.138. The van der Waals surface area contributed by atoms with E-state index >= 15 is 0 Å². The SMILES string of the molecule is COc1cccc(/C=C/C(=O)OCc2cn(-c3ccccc3)nc2-c2ccccc2)c1. The molecule has 0 aliphatic rings. The molecule has 0 aliphatic carbocycles. The number of carbonyl (C=O) groups excluding carboxylic acids is 1. The first kappa shape index (κ1) is 20.2. The Morgan fingerprint density at radius 1 is 0.968 bits per heavy atom. The number of hydrogen-bond donors (Lipinski definition) is 0. The third kappa shape index (κ3) is 5.08. The summed E-state index contributed by atoms with van der Waals surface area (Å²) in [5.41, 5.74) is 4.38. The Morgan fingerprint density at radius 3 is 2.45 bits per heavy atom. The quantitative estimate of drug-likeness (QED) is 0.306. The number of nitrogens with zero attached hydrogens (tertiary/aromatic N) is 2. The molecular formula is C26H22N2O3. The number of carbonyl (C=O) groups is 1. The molecule has 0 atom stereocenters. The summed E-state index contributed by atoms with van der Waals surface area (Å²) >= 11 is 0. The average Bonchev–Trinajstić information content (AvgIpc) is 3.27. The number of methoxy groups -OCH3 is 1. The van der Waals surface area contributed by atoms with E-state index in [4.69, 9.17) is 14.6 Å². The van der Waals surface area contributed by atoms with Crippen LogP contribution < -0.4 is 4.74 Å². The summed E-state index contributed by atoms with van der Waals surface area (Å²) in [5.74, 6) is 0.311. The number of aromatic nitrogens is 2. The van der Waals surface area contributed by atoms with Crippen LogP contribution in [-0.4, -0.2) is 22.9 Å². The Labute approximate surface area is 181 Å². The number of hydrogen-bond acceptors (Lipinski definition) is 4. The molecule has 0 amide bonds. The fraction of sp³-hybridized carbons (Fsp3) is 0.0769. The summed E-state index contributed by atoms with van der Waals surface area (Å²) in [6.45, 7) is 0.123. The van der Waals surface area contributed by atoms with Gasteiger partial charge >= 0.3 is 5.97 Å². The number of ether oxygens (including phenoxy) is 2. The highest BCUT2D eigenvalue weighted by Gasteiger charge is 2.13. The van der Waals surface area contributed by atoms with Gasteiger partial charge in [0.2, 0.25) is 0 Å². The van der Waals surface area contributed by atoms with Crippen LogP contribution in [0.1, 0.15) is 11.1 Å². The molecule has 1 heterocycles. The van der Waals surface area contributed by atoms with E-state index in [1.807, 2.05) is 91.1 Å². The molecule has 0 saturated heterocycles. The van der Waals surface area contributed by atoms with Gasteiger partial charge in [-0.25, -0.2) is 9.48 Å². The summed E-state index contributed by atoms with van der Waals surface area (Å²) in [6.07, 6.45) is 5.02. The van der Waals surface area contributed by atoms with Crippen molar-refractivity contribution in [3.05, 3.63) is 108 Å². The second kappa shape index (κ2) is 9.59. The van der Waals surface area contributed by atoms with Crippen molar-refractivity contribution in [1.29, 1.82) is 0 Å². The first-order valence-corrected chi connectivity index (χ1v) is 9.91. The first-order valence-electron chi connectivity index (χ1n) is 9.91. The van der Waals surface area contributed by atoms with Crippen LogP contribution in [0.25, 0.3) is 23.0 Å². The summed E-state index contributed by atoms with van der Waals surface area (Å²) in [6, 6.07) is 27.2. The molecular weight excluding hydrogens is 388 g/mol. The van der Waals surface area contributed by atoms with Gasteiger partial charge in [-0.15, -0.1) is 0 Å². The van der Waals surface area contributed by atoms with E-state index in [0.717, 1.165) is 33.8 Å². The van der Waals surface area contributed by atoms with Crippen molar-refractivity contribution in [3.8, 4) is 22.7 Å². The lowest BCUT2D eigenvalue weighted by atomic mass is 10.1. The third-order valence-electron chi connectivity index (χ3n) is 4.73. The van der Waals surface area contributed by atoms with E-state index in [-0.39, 0.29) is 6.61 Å². The van der Waals surface area contributed by atoms with Crippen LogP contribution in [0.5, 0.6) is 5.75 Å². The van der Waals surface area contributed by atoms with Gasteiger partial charge in [0.1, 0.15) is 12.4 Å². The molecule has 0 saturated carbocycles. The minimum Gasteiger partial charge on any atom is -0.497 e. The van der Waals surface area contributed by atoms with Crippen LogP contribution in [0.4, 0.5) is 0 Å². The summed E-state index contributed by atoms with van der Waals surface area (Å²) in [4.78, 5) is 12.3. The van der Waals surface area contributed by atoms with E-state index < -0.39 is 5.97 Å². The largest absolute Gasteiger partial charge is 0.497 e. The molecule has 0 fully saturated rings. The van der Waals surface area contributed by atoms with Crippen LogP contribution >= 0.6 is 0 Å². The molecule has 0 unspecified atom stereocenters. The van der Waals surface area contributed by atoms with Gasteiger partial charge in [0.25, 0.3) is 0 Å². The van der Waals surface area contributed by atoms with E-state index in [1.54, 1.807) is 17.9 Å². The Kier molecular flexibility index (Phi) is 6.24. The molecule has 0 spiro atoms. The maximum atomic E-state index is 12.3. The maximum absolute atomic E-state index is 12.3. The highest BCUT2D eigenvalue weighted by molar-refractivity contribution is 5.87.